The van der Waals surface area contributed by atoms with Gasteiger partial charge in [0, 0.05) is 11.8 Å². The Balaban J connectivity index is 1.72. The molecular weight excluding hydrogens is 280 g/mol. The first-order valence-corrected chi connectivity index (χ1v) is 7.06. The first-order chi connectivity index (χ1) is 10.7. The van der Waals surface area contributed by atoms with E-state index in [1.807, 2.05) is 49.4 Å². The van der Waals surface area contributed by atoms with Gasteiger partial charge in [-0.2, -0.15) is 0 Å². The molecule has 0 radical (unpaired) electrons. The number of carbonyl (C=O) groups is 1. The molecule has 0 aromatic heterocycles. The zero-order valence-corrected chi connectivity index (χ0v) is 12.8. The van der Waals surface area contributed by atoms with Crippen LogP contribution < -0.4 is 20.1 Å². The fraction of sp³-hybridized carbons (Fsp3) is 0.235. The summed E-state index contributed by atoms with van der Waals surface area (Å²) in [5.41, 5.74) is 1.82. The molecule has 5 nitrogen and oxygen atoms in total. The third-order valence-corrected chi connectivity index (χ3v) is 3.09. The zero-order valence-electron chi connectivity index (χ0n) is 12.8. The van der Waals surface area contributed by atoms with Gasteiger partial charge in [0.2, 0.25) is 0 Å². The third kappa shape index (κ3) is 4.70. The molecule has 116 valence electrons. The maximum absolute atomic E-state index is 11.8. The van der Waals surface area contributed by atoms with Gasteiger partial charge in [-0.05, 0) is 30.7 Å². The van der Waals surface area contributed by atoms with E-state index in [0.717, 1.165) is 17.0 Å². The molecule has 0 spiro atoms. The monoisotopic (exact) mass is 300 g/mol. The smallest absolute Gasteiger partial charge is 0.319 e. The van der Waals surface area contributed by atoms with Crippen LogP contribution in [0.1, 0.15) is 5.56 Å². The Hall–Kier alpha value is -2.69. The minimum absolute atomic E-state index is 0.247. The molecule has 0 aliphatic heterocycles. The van der Waals surface area contributed by atoms with Crippen LogP contribution in [-0.4, -0.2) is 26.3 Å². The molecule has 2 N–H and O–H groups in total. The predicted octanol–water partition coefficient (Wildman–Crippen LogP) is 3.20. The first kappa shape index (κ1) is 15.7. The summed E-state index contributed by atoms with van der Waals surface area (Å²) < 4.78 is 10.7. The summed E-state index contributed by atoms with van der Waals surface area (Å²) >= 11 is 0. The average molecular weight is 300 g/mol. The largest absolute Gasteiger partial charge is 0.497 e. The third-order valence-electron chi connectivity index (χ3n) is 3.09. The maximum atomic E-state index is 11.8. The number of ether oxygens (including phenoxy) is 2. The molecule has 0 aliphatic rings. The van der Waals surface area contributed by atoms with Crippen LogP contribution in [0, 0.1) is 6.92 Å². The van der Waals surface area contributed by atoms with E-state index in [1.54, 1.807) is 13.2 Å². The molecule has 0 heterocycles. The van der Waals surface area contributed by atoms with Crippen LogP contribution in [0.2, 0.25) is 0 Å². The first-order valence-electron chi connectivity index (χ1n) is 7.06. The maximum Gasteiger partial charge on any atom is 0.319 e. The minimum atomic E-state index is -0.247. The summed E-state index contributed by atoms with van der Waals surface area (Å²) in [6.07, 6.45) is 0. The molecule has 0 bridgehead atoms. The highest BCUT2D eigenvalue weighted by molar-refractivity contribution is 5.89. The van der Waals surface area contributed by atoms with Crippen LogP contribution in [0.3, 0.4) is 0 Å². The van der Waals surface area contributed by atoms with Crippen molar-refractivity contribution in [1.29, 1.82) is 0 Å². The van der Waals surface area contributed by atoms with Crippen LogP contribution in [0.15, 0.2) is 48.5 Å². The number of amides is 2. The summed E-state index contributed by atoms with van der Waals surface area (Å²) in [6, 6.07) is 14.7. The Labute approximate surface area is 130 Å². The fourth-order valence-electron chi connectivity index (χ4n) is 1.90. The normalized spacial score (nSPS) is 9.91. The van der Waals surface area contributed by atoms with Gasteiger partial charge < -0.3 is 20.1 Å². The second-order valence-electron chi connectivity index (χ2n) is 4.72. The number of aryl methyl sites for hydroxylation is 1. The van der Waals surface area contributed by atoms with Crippen LogP contribution in [0.5, 0.6) is 11.5 Å². The van der Waals surface area contributed by atoms with Gasteiger partial charge in [0.25, 0.3) is 0 Å². The molecule has 0 unspecified atom stereocenters. The van der Waals surface area contributed by atoms with Crippen molar-refractivity contribution in [3.05, 3.63) is 54.1 Å². The van der Waals surface area contributed by atoms with Gasteiger partial charge in [0.15, 0.2) is 0 Å². The van der Waals surface area contributed by atoms with Gasteiger partial charge in [0.1, 0.15) is 18.1 Å². The van der Waals surface area contributed by atoms with Gasteiger partial charge >= 0.3 is 6.03 Å². The molecule has 5 heteroatoms. The molecule has 0 atom stereocenters. The Kier molecular flexibility index (Phi) is 5.65. The van der Waals surface area contributed by atoms with Crippen LogP contribution >= 0.6 is 0 Å². The lowest BCUT2D eigenvalue weighted by Gasteiger charge is -2.11. The van der Waals surface area contributed by atoms with E-state index in [1.165, 1.54) is 0 Å². The predicted molar refractivity (Wildman–Crippen MR) is 86.7 cm³/mol. The highest BCUT2D eigenvalue weighted by atomic mass is 16.5. The fourth-order valence-corrected chi connectivity index (χ4v) is 1.90. The Morgan fingerprint density at radius 2 is 1.86 bits per heavy atom. The summed E-state index contributed by atoms with van der Waals surface area (Å²) in [6.45, 7) is 2.74. The Morgan fingerprint density at radius 1 is 1.09 bits per heavy atom. The molecule has 22 heavy (non-hydrogen) atoms. The van der Waals surface area contributed by atoms with Gasteiger partial charge in [0.05, 0.1) is 13.7 Å². The number of para-hydroxylation sites is 1. The van der Waals surface area contributed by atoms with Crippen molar-refractivity contribution in [2.75, 3.05) is 25.6 Å². The molecule has 0 aliphatic carbocycles. The lowest BCUT2D eigenvalue weighted by Crippen LogP contribution is -2.32. The van der Waals surface area contributed by atoms with E-state index in [2.05, 4.69) is 10.6 Å². The molecule has 2 aromatic rings. The van der Waals surface area contributed by atoms with E-state index in [4.69, 9.17) is 9.47 Å². The van der Waals surface area contributed by atoms with E-state index in [0.29, 0.717) is 18.9 Å². The number of benzene rings is 2. The van der Waals surface area contributed by atoms with E-state index >= 15 is 0 Å². The van der Waals surface area contributed by atoms with Crippen molar-refractivity contribution in [2.45, 2.75) is 6.92 Å². The SMILES string of the molecule is COc1cccc(OCCNC(=O)Nc2ccccc2C)c1. The van der Waals surface area contributed by atoms with Crippen molar-refractivity contribution < 1.29 is 14.3 Å². The average Bonchev–Trinajstić information content (AvgIpc) is 2.54. The number of anilines is 1. The van der Waals surface area contributed by atoms with Gasteiger partial charge in [-0.25, -0.2) is 4.79 Å². The molecule has 0 fully saturated rings. The molecular formula is C17H20N2O3. The molecule has 0 saturated carbocycles. The minimum Gasteiger partial charge on any atom is -0.497 e. The molecule has 2 amide bonds. The number of rotatable bonds is 6. The number of nitrogens with one attached hydrogen (secondary N) is 2. The highest BCUT2D eigenvalue weighted by Gasteiger charge is 2.03. The molecule has 0 saturated heterocycles. The molecule has 2 rings (SSSR count). The van der Waals surface area contributed by atoms with Crippen LogP contribution in [0.25, 0.3) is 0 Å². The van der Waals surface area contributed by atoms with E-state index < -0.39 is 0 Å². The summed E-state index contributed by atoms with van der Waals surface area (Å²) in [5.74, 6) is 1.45. The number of urea groups is 1. The standard InChI is InChI=1S/C17H20N2O3/c1-13-6-3-4-9-16(13)19-17(20)18-10-11-22-15-8-5-7-14(12-15)21-2/h3-9,12H,10-11H2,1-2H3,(H2,18,19,20). The van der Waals surface area contributed by atoms with Crippen molar-refractivity contribution in [1.82, 2.24) is 5.32 Å². The van der Waals surface area contributed by atoms with Crippen molar-refractivity contribution >= 4 is 11.7 Å². The van der Waals surface area contributed by atoms with Crippen LogP contribution in [0.4, 0.5) is 10.5 Å². The summed E-state index contributed by atoms with van der Waals surface area (Å²) in [4.78, 5) is 11.8. The zero-order chi connectivity index (χ0) is 15.8. The summed E-state index contributed by atoms with van der Waals surface area (Å²) in [7, 11) is 1.61. The topological polar surface area (TPSA) is 59.6 Å². The number of methoxy groups -OCH3 is 1. The Morgan fingerprint density at radius 3 is 2.64 bits per heavy atom. The van der Waals surface area contributed by atoms with Crippen LogP contribution in [-0.2, 0) is 0 Å². The Bertz CT molecular complexity index is 629. The van der Waals surface area contributed by atoms with Gasteiger partial charge in [-0.15, -0.1) is 0 Å². The van der Waals surface area contributed by atoms with Crippen molar-refractivity contribution in [3.63, 3.8) is 0 Å². The number of hydrogen-bond acceptors (Lipinski definition) is 3. The lowest BCUT2D eigenvalue weighted by atomic mass is 10.2. The second-order valence-corrected chi connectivity index (χ2v) is 4.72. The van der Waals surface area contributed by atoms with Crippen molar-refractivity contribution in [2.24, 2.45) is 0 Å². The molecule has 2 aromatic carbocycles. The summed E-state index contributed by atoms with van der Waals surface area (Å²) in [5, 5.41) is 5.55. The number of carbonyl (C=O) groups excluding carboxylic acids is 1. The van der Waals surface area contributed by atoms with E-state index in [-0.39, 0.29) is 6.03 Å². The van der Waals surface area contributed by atoms with E-state index in [9.17, 15) is 4.79 Å². The van der Waals surface area contributed by atoms with Gasteiger partial charge in [-0.1, -0.05) is 24.3 Å². The quantitative estimate of drug-likeness (QED) is 0.805. The van der Waals surface area contributed by atoms with Gasteiger partial charge in [-0.3, -0.25) is 0 Å². The number of hydrogen-bond donors (Lipinski definition) is 2. The lowest BCUT2D eigenvalue weighted by molar-refractivity contribution is 0.247. The second kappa shape index (κ2) is 7.93. The van der Waals surface area contributed by atoms with Crippen molar-refractivity contribution in [3.8, 4) is 11.5 Å². The highest BCUT2D eigenvalue weighted by Crippen LogP contribution is 2.18.